The first-order chi connectivity index (χ1) is 14.3. The van der Waals surface area contributed by atoms with E-state index >= 15 is 0 Å². The van der Waals surface area contributed by atoms with Crippen LogP contribution in [0.3, 0.4) is 0 Å². The molecule has 0 amide bonds. The number of hydrogen-bond acceptors (Lipinski definition) is 4. The Hall–Kier alpha value is -3.80. The van der Waals surface area contributed by atoms with Crippen molar-refractivity contribution in [2.45, 2.75) is 0 Å². The summed E-state index contributed by atoms with van der Waals surface area (Å²) < 4.78 is 13.5. The Kier molecular flexibility index (Phi) is 3.41. The summed E-state index contributed by atoms with van der Waals surface area (Å²) in [5.74, 6) is 2.35. The molecule has 0 bridgehead atoms. The van der Waals surface area contributed by atoms with Crippen molar-refractivity contribution in [3.63, 3.8) is 0 Å². The quantitative estimate of drug-likeness (QED) is 0.486. The summed E-state index contributed by atoms with van der Waals surface area (Å²) in [7, 11) is 2.05. The van der Waals surface area contributed by atoms with E-state index in [2.05, 4.69) is 52.0 Å². The van der Waals surface area contributed by atoms with E-state index < -0.39 is 0 Å². The van der Waals surface area contributed by atoms with Crippen molar-refractivity contribution in [1.29, 1.82) is 0 Å². The van der Waals surface area contributed by atoms with Gasteiger partial charge in [0.15, 0.2) is 11.5 Å². The number of pyridine rings is 1. The summed E-state index contributed by atoms with van der Waals surface area (Å²) in [6.45, 7) is 1.13. The molecule has 1 aliphatic rings. The SMILES string of the molecule is Cn1ccc2c(-c3nc4c(-c5ccc6c(c5)OCCO6)nccc4[nH]3)cccc21. The minimum absolute atomic E-state index is 0.557. The third-order valence-electron chi connectivity index (χ3n) is 5.40. The summed E-state index contributed by atoms with van der Waals surface area (Å²) in [6, 6.07) is 16.3. The molecule has 1 aliphatic heterocycles. The van der Waals surface area contributed by atoms with Gasteiger partial charge >= 0.3 is 0 Å². The summed E-state index contributed by atoms with van der Waals surface area (Å²) in [6.07, 6.45) is 3.87. The zero-order valence-electron chi connectivity index (χ0n) is 15.8. The molecule has 3 aromatic heterocycles. The van der Waals surface area contributed by atoms with Gasteiger partial charge in [0, 0.05) is 41.5 Å². The van der Waals surface area contributed by atoms with Gasteiger partial charge in [0.25, 0.3) is 0 Å². The van der Waals surface area contributed by atoms with Gasteiger partial charge in [-0.05, 0) is 36.4 Å². The number of aromatic nitrogens is 4. The first-order valence-corrected chi connectivity index (χ1v) is 9.57. The van der Waals surface area contributed by atoms with Crippen molar-refractivity contribution < 1.29 is 9.47 Å². The molecule has 5 aromatic rings. The fraction of sp³-hybridized carbons (Fsp3) is 0.130. The van der Waals surface area contributed by atoms with Crippen molar-refractivity contribution >= 4 is 21.9 Å². The van der Waals surface area contributed by atoms with Crippen LogP contribution in [-0.2, 0) is 7.05 Å². The van der Waals surface area contributed by atoms with E-state index in [1.165, 1.54) is 10.9 Å². The first kappa shape index (κ1) is 16.2. The van der Waals surface area contributed by atoms with Crippen molar-refractivity contribution in [2.24, 2.45) is 7.05 Å². The number of nitrogens with one attached hydrogen (secondary N) is 1. The van der Waals surface area contributed by atoms with Gasteiger partial charge in [-0.1, -0.05) is 12.1 Å². The average molecular weight is 382 g/mol. The fourth-order valence-electron chi connectivity index (χ4n) is 3.97. The summed E-state index contributed by atoms with van der Waals surface area (Å²) in [4.78, 5) is 13.0. The molecule has 0 fully saturated rings. The molecule has 0 unspecified atom stereocenters. The lowest BCUT2D eigenvalue weighted by Gasteiger charge is -2.18. The highest BCUT2D eigenvalue weighted by atomic mass is 16.6. The van der Waals surface area contributed by atoms with Crippen molar-refractivity contribution in [3.8, 4) is 34.1 Å². The smallest absolute Gasteiger partial charge is 0.162 e. The van der Waals surface area contributed by atoms with Gasteiger partial charge in [-0.2, -0.15) is 0 Å². The zero-order valence-corrected chi connectivity index (χ0v) is 15.8. The van der Waals surface area contributed by atoms with Crippen molar-refractivity contribution in [3.05, 3.63) is 60.9 Å². The molecule has 0 saturated carbocycles. The van der Waals surface area contributed by atoms with E-state index in [9.17, 15) is 0 Å². The van der Waals surface area contributed by atoms with Gasteiger partial charge in [-0.25, -0.2) is 4.98 Å². The van der Waals surface area contributed by atoms with Crippen LogP contribution in [0.25, 0.3) is 44.6 Å². The van der Waals surface area contributed by atoms with Crippen LogP contribution in [0.5, 0.6) is 11.5 Å². The van der Waals surface area contributed by atoms with Crippen LogP contribution in [0.4, 0.5) is 0 Å². The predicted octanol–water partition coefficient (Wildman–Crippen LogP) is 4.55. The highest BCUT2D eigenvalue weighted by Gasteiger charge is 2.17. The Morgan fingerprint density at radius 3 is 2.83 bits per heavy atom. The second kappa shape index (κ2) is 6.10. The van der Waals surface area contributed by atoms with E-state index in [-0.39, 0.29) is 0 Å². The van der Waals surface area contributed by atoms with Crippen LogP contribution >= 0.6 is 0 Å². The standard InChI is InChI=1S/C23H18N4O2/c1-27-10-8-15-16(3-2-4-18(15)27)23-25-17-7-9-24-21(22(17)26-23)14-5-6-19-20(13-14)29-12-11-28-19/h2-10,13H,11-12H2,1H3,(H,25,26). The third kappa shape index (κ3) is 2.49. The number of ether oxygens (including phenoxy) is 2. The number of aryl methyl sites for hydroxylation is 1. The summed E-state index contributed by atoms with van der Waals surface area (Å²) >= 11 is 0. The number of hydrogen-bond donors (Lipinski definition) is 1. The molecule has 2 aromatic carbocycles. The predicted molar refractivity (Wildman–Crippen MR) is 112 cm³/mol. The lowest BCUT2D eigenvalue weighted by atomic mass is 10.1. The van der Waals surface area contributed by atoms with Crippen LogP contribution in [0.1, 0.15) is 0 Å². The van der Waals surface area contributed by atoms with E-state index in [1.807, 2.05) is 24.3 Å². The number of rotatable bonds is 2. The van der Waals surface area contributed by atoms with Gasteiger partial charge in [0.05, 0.1) is 11.2 Å². The monoisotopic (exact) mass is 382 g/mol. The second-order valence-electron chi connectivity index (χ2n) is 7.16. The first-order valence-electron chi connectivity index (χ1n) is 9.57. The molecule has 0 atom stereocenters. The molecule has 142 valence electrons. The van der Waals surface area contributed by atoms with Gasteiger partial charge < -0.3 is 19.0 Å². The Bertz CT molecular complexity index is 1380. The largest absolute Gasteiger partial charge is 0.486 e. The van der Waals surface area contributed by atoms with E-state index in [4.69, 9.17) is 14.5 Å². The highest BCUT2D eigenvalue weighted by Crippen LogP contribution is 2.36. The number of nitrogens with zero attached hydrogens (tertiary/aromatic N) is 3. The maximum absolute atomic E-state index is 5.74. The summed E-state index contributed by atoms with van der Waals surface area (Å²) in [5, 5.41) is 1.17. The van der Waals surface area contributed by atoms with Crippen LogP contribution < -0.4 is 9.47 Å². The normalized spacial score (nSPS) is 13.3. The van der Waals surface area contributed by atoms with Crippen molar-refractivity contribution in [2.75, 3.05) is 13.2 Å². The Morgan fingerprint density at radius 2 is 1.90 bits per heavy atom. The Morgan fingerprint density at radius 1 is 1.00 bits per heavy atom. The van der Waals surface area contributed by atoms with E-state index in [1.54, 1.807) is 6.20 Å². The summed E-state index contributed by atoms with van der Waals surface area (Å²) in [5.41, 5.74) is 5.82. The van der Waals surface area contributed by atoms with Gasteiger partial charge in [-0.3, -0.25) is 4.98 Å². The molecule has 6 heteroatoms. The lowest BCUT2D eigenvalue weighted by Crippen LogP contribution is -2.15. The van der Waals surface area contributed by atoms with E-state index in [0.29, 0.717) is 13.2 Å². The van der Waals surface area contributed by atoms with Gasteiger partial charge in [0.1, 0.15) is 24.6 Å². The maximum Gasteiger partial charge on any atom is 0.162 e. The highest BCUT2D eigenvalue weighted by molar-refractivity contribution is 5.97. The molecule has 0 aliphatic carbocycles. The Balaban J connectivity index is 1.53. The molecule has 0 radical (unpaired) electrons. The molecule has 0 saturated heterocycles. The van der Waals surface area contributed by atoms with Crippen LogP contribution in [-0.4, -0.2) is 32.7 Å². The molecule has 6 rings (SSSR count). The maximum atomic E-state index is 5.74. The molecule has 1 N–H and O–H groups in total. The topological polar surface area (TPSA) is 65.0 Å². The van der Waals surface area contributed by atoms with Crippen LogP contribution in [0, 0.1) is 0 Å². The zero-order chi connectivity index (χ0) is 19.4. The molecule has 6 nitrogen and oxygen atoms in total. The third-order valence-corrected chi connectivity index (χ3v) is 5.40. The molecule has 4 heterocycles. The van der Waals surface area contributed by atoms with E-state index in [0.717, 1.165) is 45.2 Å². The fourth-order valence-corrected chi connectivity index (χ4v) is 3.97. The van der Waals surface area contributed by atoms with Crippen LogP contribution in [0.2, 0.25) is 0 Å². The van der Waals surface area contributed by atoms with Gasteiger partial charge in [-0.15, -0.1) is 0 Å². The van der Waals surface area contributed by atoms with Crippen LogP contribution in [0.15, 0.2) is 60.9 Å². The number of H-pyrrole nitrogens is 1. The number of imidazole rings is 1. The molecule has 29 heavy (non-hydrogen) atoms. The second-order valence-corrected chi connectivity index (χ2v) is 7.16. The molecular formula is C23H18N4O2. The lowest BCUT2D eigenvalue weighted by molar-refractivity contribution is 0.171. The number of benzene rings is 2. The minimum Gasteiger partial charge on any atom is -0.486 e. The average Bonchev–Trinajstić information content (AvgIpc) is 3.37. The Labute approximate surface area is 166 Å². The minimum atomic E-state index is 0.557. The van der Waals surface area contributed by atoms with Gasteiger partial charge in [0.2, 0.25) is 0 Å². The number of fused-ring (bicyclic) bond motifs is 3. The number of aromatic amines is 1. The van der Waals surface area contributed by atoms with Crippen molar-refractivity contribution in [1.82, 2.24) is 19.5 Å². The molecular weight excluding hydrogens is 364 g/mol. The molecule has 0 spiro atoms.